The van der Waals surface area contributed by atoms with Crippen molar-refractivity contribution in [1.82, 2.24) is 0 Å². The smallest absolute Gasteiger partial charge is 0.0540 e. The largest absolute Gasteiger partial charge is 0.310 e. The molecule has 0 radical (unpaired) electrons. The Morgan fingerprint density at radius 2 is 0.661 bits per heavy atom. The van der Waals surface area contributed by atoms with Crippen LogP contribution in [0.5, 0.6) is 0 Å². The number of benzene rings is 12. The molecular formula is C60H42N2. The first-order valence-electron chi connectivity index (χ1n) is 21.5. The number of anilines is 6. The van der Waals surface area contributed by atoms with Gasteiger partial charge in [-0.05, 0) is 138 Å². The number of hydrogen-bond donors (Lipinski definition) is 0. The Morgan fingerprint density at radius 3 is 1.29 bits per heavy atom. The highest BCUT2D eigenvalue weighted by Gasteiger charge is 2.25. The van der Waals surface area contributed by atoms with Gasteiger partial charge in [-0.15, -0.1) is 0 Å². The second-order valence-corrected chi connectivity index (χ2v) is 16.5. The van der Waals surface area contributed by atoms with Crippen molar-refractivity contribution >= 4 is 98.8 Å². The van der Waals surface area contributed by atoms with Crippen LogP contribution in [0.25, 0.3) is 75.8 Å². The van der Waals surface area contributed by atoms with E-state index in [0.29, 0.717) is 0 Å². The Hall–Kier alpha value is -7.94. The zero-order valence-electron chi connectivity index (χ0n) is 34.7. The Kier molecular flexibility index (Phi) is 8.33. The van der Waals surface area contributed by atoms with Gasteiger partial charge in [-0.2, -0.15) is 0 Å². The highest BCUT2D eigenvalue weighted by Crippen LogP contribution is 2.52. The van der Waals surface area contributed by atoms with E-state index in [1.165, 1.54) is 104 Å². The summed E-state index contributed by atoms with van der Waals surface area (Å²) in [6, 6.07) is 80.3. The molecule has 12 aromatic carbocycles. The van der Waals surface area contributed by atoms with E-state index < -0.39 is 0 Å². The Labute approximate surface area is 361 Å². The summed E-state index contributed by atoms with van der Waals surface area (Å²) in [4.78, 5) is 4.85. The maximum Gasteiger partial charge on any atom is 0.0540 e. The van der Waals surface area contributed by atoms with Crippen LogP contribution >= 0.6 is 0 Å². The van der Waals surface area contributed by atoms with Crippen molar-refractivity contribution in [3.05, 3.63) is 230 Å². The van der Waals surface area contributed by atoms with Crippen LogP contribution in [-0.4, -0.2) is 0 Å². The van der Waals surface area contributed by atoms with Crippen LogP contribution in [0, 0.1) is 13.8 Å². The summed E-state index contributed by atoms with van der Waals surface area (Å²) in [5.41, 5.74) is 11.9. The van der Waals surface area contributed by atoms with E-state index >= 15 is 0 Å². The molecule has 0 aliphatic carbocycles. The van der Waals surface area contributed by atoms with Gasteiger partial charge in [0.15, 0.2) is 0 Å². The molecule has 0 spiro atoms. The fourth-order valence-corrected chi connectivity index (χ4v) is 10.3. The first-order chi connectivity index (χ1) is 30.7. The SMILES string of the molecule is Cc1ccccc1N(c1ccccc1)c1ccc(-c2c3ccccc3c3c4ccc(N(c5ccccc5)c5ccccc5C)c5cccc(c6cccc2c63)c54)c2ccccc12. The van der Waals surface area contributed by atoms with Gasteiger partial charge < -0.3 is 9.80 Å². The van der Waals surface area contributed by atoms with Crippen LogP contribution in [0.1, 0.15) is 11.1 Å². The minimum Gasteiger partial charge on any atom is -0.310 e. The molecule has 292 valence electrons. The van der Waals surface area contributed by atoms with Gasteiger partial charge in [0.2, 0.25) is 0 Å². The van der Waals surface area contributed by atoms with Gasteiger partial charge in [-0.3, -0.25) is 0 Å². The van der Waals surface area contributed by atoms with E-state index in [2.05, 4.69) is 242 Å². The topological polar surface area (TPSA) is 6.48 Å². The van der Waals surface area contributed by atoms with Gasteiger partial charge in [0.1, 0.15) is 0 Å². The number of hydrogen-bond acceptors (Lipinski definition) is 2. The van der Waals surface area contributed by atoms with E-state index in [4.69, 9.17) is 0 Å². The van der Waals surface area contributed by atoms with Gasteiger partial charge >= 0.3 is 0 Å². The molecule has 0 unspecified atom stereocenters. The van der Waals surface area contributed by atoms with E-state index in [1.54, 1.807) is 0 Å². The molecule has 12 aromatic rings. The molecule has 0 aromatic heterocycles. The molecule has 0 N–H and O–H groups in total. The van der Waals surface area contributed by atoms with E-state index in [1.807, 2.05) is 0 Å². The maximum atomic E-state index is 2.43. The zero-order chi connectivity index (χ0) is 41.3. The van der Waals surface area contributed by atoms with E-state index in [-0.39, 0.29) is 0 Å². The summed E-state index contributed by atoms with van der Waals surface area (Å²) in [6.07, 6.45) is 0. The summed E-state index contributed by atoms with van der Waals surface area (Å²) in [5.74, 6) is 0. The highest BCUT2D eigenvalue weighted by atomic mass is 15.2. The first-order valence-corrected chi connectivity index (χ1v) is 21.5. The number of aryl methyl sites for hydroxylation is 2. The lowest BCUT2D eigenvalue weighted by Gasteiger charge is -2.29. The van der Waals surface area contributed by atoms with Crippen LogP contribution in [-0.2, 0) is 0 Å². The molecule has 62 heavy (non-hydrogen) atoms. The van der Waals surface area contributed by atoms with Crippen molar-refractivity contribution in [2.75, 3.05) is 9.80 Å². The minimum absolute atomic E-state index is 1.13. The third kappa shape index (κ3) is 5.43. The van der Waals surface area contributed by atoms with Crippen LogP contribution in [0.2, 0.25) is 0 Å². The van der Waals surface area contributed by atoms with Crippen LogP contribution in [0.15, 0.2) is 218 Å². The fourth-order valence-electron chi connectivity index (χ4n) is 10.3. The standard InChI is InChI=1S/C60H42N2/c1-39-19-9-15-33-53(39)61(41-21-5-3-6-22-41)55-37-35-49(43-25-11-12-26-44(43)55)57-45-27-13-14-28-47(45)60-52-36-38-56(62(42-23-7-4-8-24-42)54-34-16-10-20-40(54)2)50-31-17-29-46(58(50)52)48-30-18-32-51(57)59(48)60/h3-38H,1-2H3. The average molecular weight is 791 g/mol. The van der Waals surface area contributed by atoms with E-state index in [0.717, 1.165) is 17.1 Å². The molecule has 0 fully saturated rings. The number of fused-ring (bicyclic) bond motifs is 5. The average Bonchev–Trinajstić information content (AvgIpc) is 3.33. The van der Waals surface area contributed by atoms with Gasteiger partial charge in [0.05, 0.1) is 11.4 Å². The third-order valence-corrected chi connectivity index (χ3v) is 13.0. The van der Waals surface area contributed by atoms with Gasteiger partial charge in [-0.1, -0.05) is 170 Å². The lowest BCUT2D eigenvalue weighted by Crippen LogP contribution is -2.12. The molecule has 2 nitrogen and oxygen atoms in total. The molecule has 0 bridgehead atoms. The molecule has 0 amide bonds. The van der Waals surface area contributed by atoms with E-state index in [9.17, 15) is 0 Å². The molecule has 0 heterocycles. The van der Waals surface area contributed by atoms with Crippen LogP contribution in [0.4, 0.5) is 34.1 Å². The lowest BCUT2D eigenvalue weighted by molar-refractivity contribution is 1.26. The second-order valence-electron chi connectivity index (χ2n) is 16.5. The van der Waals surface area contributed by atoms with Crippen molar-refractivity contribution in [1.29, 1.82) is 0 Å². The first kappa shape index (κ1) is 36.0. The summed E-state index contributed by atoms with van der Waals surface area (Å²) in [7, 11) is 0. The van der Waals surface area contributed by atoms with Crippen molar-refractivity contribution in [2.45, 2.75) is 13.8 Å². The van der Waals surface area contributed by atoms with Crippen molar-refractivity contribution < 1.29 is 0 Å². The fraction of sp³-hybridized carbons (Fsp3) is 0.0333. The molecule has 0 saturated carbocycles. The predicted octanol–water partition coefficient (Wildman–Crippen LogP) is 17.3. The van der Waals surface area contributed by atoms with Gasteiger partial charge in [0.25, 0.3) is 0 Å². The molecule has 12 rings (SSSR count). The third-order valence-electron chi connectivity index (χ3n) is 13.0. The maximum absolute atomic E-state index is 2.43. The molecule has 0 aliphatic rings. The van der Waals surface area contributed by atoms with Crippen molar-refractivity contribution in [3.8, 4) is 11.1 Å². The van der Waals surface area contributed by atoms with Crippen molar-refractivity contribution in [3.63, 3.8) is 0 Å². The molecule has 0 saturated heterocycles. The molecular weight excluding hydrogens is 749 g/mol. The highest BCUT2D eigenvalue weighted by molar-refractivity contribution is 6.41. The number of para-hydroxylation sites is 4. The number of rotatable bonds is 7. The normalized spacial score (nSPS) is 11.7. The Balaban J connectivity index is 1.15. The Morgan fingerprint density at radius 1 is 0.242 bits per heavy atom. The monoisotopic (exact) mass is 790 g/mol. The lowest BCUT2D eigenvalue weighted by atomic mass is 9.82. The minimum atomic E-state index is 1.13. The summed E-state index contributed by atoms with van der Waals surface area (Å²) in [6.45, 7) is 4.41. The summed E-state index contributed by atoms with van der Waals surface area (Å²) in [5, 5.41) is 15.2. The van der Waals surface area contributed by atoms with Crippen molar-refractivity contribution in [2.24, 2.45) is 0 Å². The quantitative estimate of drug-likeness (QED) is 0.117. The van der Waals surface area contributed by atoms with Crippen LogP contribution in [0.3, 0.4) is 0 Å². The molecule has 0 atom stereocenters. The van der Waals surface area contributed by atoms with Gasteiger partial charge in [-0.25, -0.2) is 0 Å². The molecule has 2 heteroatoms. The van der Waals surface area contributed by atoms with Crippen LogP contribution < -0.4 is 9.80 Å². The van der Waals surface area contributed by atoms with Gasteiger partial charge in [0, 0.05) is 33.5 Å². The predicted molar refractivity (Wildman–Crippen MR) is 267 cm³/mol. The summed E-state index contributed by atoms with van der Waals surface area (Å²) >= 11 is 0. The summed E-state index contributed by atoms with van der Waals surface area (Å²) < 4.78 is 0. The molecule has 0 aliphatic heterocycles. The zero-order valence-corrected chi connectivity index (χ0v) is 34.7. The number of nitrogens with zero attached hydrogens (tertiary/aromatic N) is 2. The second kappa shape index (κ2) is 14.4. The Bertz CT molecular complexity index is 3660.